The minimum absolute atomic E-state index is 0.0549. The summed E-state index contributed by atoms with van der Waals surface area (Å²) in [6.45, 7) is 0.0549. The fourth-order valence-corrected chi connectivity index (χ4v) is 4.57. The van der Waals surface area contributed by atoms with E-state index in [4.69, 9.17) is 10.5 Å². The standard InChI is InChI=1S/C24H20BrNO4/c25-20-12-6-5-11-18(20)22(26)21(23(27)28)24(29)30-13-19-16-9-3-1-7-14(16)15-8-2-4-10-17(15)19/h1-12,19,21-22H,13,26H2,(H,27,28). The molecule has 6 heteroatoms. The number of aliphatic carboxylic acids is 1. The number of hydrogen-bond donors (Lipinski definition) is 2. The summed E-state index contributed by atoms with van der Waals surface area (Å²) < 4.78 is 6.18. The Balaban J connectivity index is 1.56. The number of carboxylic acid groups (broad SMARTS) is 1. The highest BCUT2D eigenvalue weighted by molar-refractivity contribution is 9.10. The maximum Gasteiger partial charge on any atom is 0.322 e. The molecule has 0 saturated heterocycles. The molecule has 0 aromatic heterocycles. The predicted octanol–water partition coefficient (Wildman–Crippen LogP) is 4.51. The molecule has 1 aliphatic rings. The molecule has 3 aromatic rings. The number of nitrogens with two attached hydrogens (primary N) is 1. The van der Waals surface area contributed by atoms with Crippen LogP contribution in [-0.4, -0.2) is 23.7 Å². The zero-order valence-corrected chi connectivity index (χ0v) is 17.6. The molecule has 0 aliphatic heterocycles. The second-order valence-corrected chi connectivity index (χ2v) is 8.07. The van der Waals surface area contributed by atoms with Crippen LogP contribution >= 0.6 is 15.9 Å². The molecule has 3 N–H and O–H groups in total. The Kier molecular flexibility index (Phi) is 5.70. The average molecular weight is 466 g/mol. The number of carbonyl (C=O) groups is 2. The first-order valence-electron chi connectivity index (χ1n) is 9.56. The van der Waals surface area contributed by atoms with E-state index < -0.39 is 23.9 Å². The number of ether oxygens (including phenoxy) is 1. The largest absolute Gasteiger partial charge is 0.481 e. The van der Waals surface area contributed by atoms with Gasteiger partial charge in [0.1, 0.15) is 6.61 Å². The Labute approximate surface area is 182 Å². The first-order chi connectivity index (χ1) is 14.5. The van der Waals surface area contributed by atoms with Crippen molar-refractivity contribution in [3.05, 3.63) is 94.0 Å². The molecule has 0 amide bonds. The van der Waals surface area contributed by atoms with Crippen LogP contribution < -0.4 is 5.73 Å². The SMILES string of the molecule is NC(c1ccccc1Br)C(C(=O)O)C(=O)OCC1c2ccccc2-c2ccccc21. The lowest BCUT2D eigenvalue weighted by atomic mass is 9.93. The van der Waals surface area contributed by atoms with Crippen molar-refractivity contribution in [2.45, 2.75) is 12.0 Å². The Hall–Kier alpha value is -2.96. The number of carboxylic acids is 1. The van der Waals surface area contributed by atoms with E-state index in [9.17, 15) is 14.7 Å². The molecule has 3 aromatic carbocycles. The molecule has 2 atom stereocenters. The molecule has 0 fully saturated rings. The molecule has 5 nitrogen and oxygen atoms in total. The minimum atomic E-state index is -1.50. The van der Waals surface area contributed by atoms with Crippen LogP contribution in [0, 0.1) is 5.92 Å². The van der Waals surface area contributed by atoms with Gasteiger partial charge in [-0.15, -0.1) is 0 Å². The van der Waals surface area contributed by atoms with Gasteiger partial charge in [0, 0.05) is 10.4 Å². The van der Waals surface area contributed by atoms with Crippen LogP contribution in [0.2, 0.25) is 0 Å². The molecule has 0 saturated carbocycles. The summed E-state index contributed by atoms with van der Waals surface area (Å²) in [6, 6.07) is 21.9. The van der Waals surface area contributed by atoms with Crippen molar-refractivity contribution in [1.82, 2.24) is 0 Å². The van der Waals surface area contributed by atoms with Gasteiger partial charge in [-0.05, 0) is 33.9 Å². The molecule has 30 heavy (non-hydrogen) atoms. The number of fused-ring (bicyclic) bond motifs is 3. The molecular weight excluding hydrogens is 446 g/mol. The molecule has 0 heterocycles. The van der Waals surface area contributed by atoms with Gasteiger partial charge in [0.25, 0.3) is 0 Å². The van der Waals surface area contributed by atoms with Gasteiger partial charge in [-0.2, -0.15) is 0 Å². The third kappa shape index (κ3) is 3.64. The van der Waals surface area contributed by atoms with E-state index >= 15 is 0 Å². The summed E-state index contributed by atoms with van der Waals surface area (Å²) in [6.07, 6.45) is 0. The Morgan fingerprint density at radius 3 is 2.03 bits per heavy atom. The van der Waals surface area contributed by atoms with Crippen LogP contribution in [-0.2, 0) is 14.3 Å². The summed E-state index contributed by atoms with van der Waals surface area (Å²) >= 11 is 3.37. The summed E-state index contributed by atoms with van der Waals surface area (Å²) in [5.74, 6) is -3.80. The Morgan fingerprint density at radius 1 is 0.933 bits per heavy atom. The van der Waals surface area contributed by atoms with E-state index in [1.807, 2.05) is 48.5 Å². The van der Waals surface area contributed by atoms with Crippen molar-refractivity contribution in [3.63, 3.8) is 0 Å². The molecule has 4 rings (SSSR count). The van der Waals surface area contributed by atoms with Gasteiger partial charge in [0.05, 0.1) is 6.04 Å². The van der Waals surface area contributed by atoms with E-state index in [2.05, 4.69) is 15.9 Å². The van der Waals surface area contributed by atoms with Crippen LogP contribution in [0.3, 0.4) is 0 Å². The molecule has 0 radical (unpaired) electrons. The quantitative estimate of drug-likeness (QED) is 0.412. The number of benzene rings is 3. The molecule has 0 spiro atoms. The van der Waals surface area contributed by atoms with Gasteiger partial charge in [-0.25, -0.2) is 0 Å². The first kappa shape index (κ1) is 20.3. The van der Waals surface area contributed by atoms with E-state index in [-0.39, 0.29) is 12.5 Å². The highest BCUT2D eigenvalue weighted by atomic mass is 79.9. The van der Waals surface area contributed by atoms with E-state index in [1.165, 1.54) is 0 Å². The first-order valence-corrected chi connectivity index (χ1v) is 10.4. The van der Waals surface area contributed by atoms with Crippen LogP contribution in [0.4, 0.5) is 0 Å². The normalized spacial score (nSPS) is 14.5. The fraction of sp³-hybridized carbons (Fsp3) is 0.167. The van der Waals surface area contributed by atoms with Gasteiger partial charge in [-0.3, -0.25) is 9.59 Å². The zero-order valence-electron chi connectivity index (χ0n) is 16.0. The summed E-state index contributed by atoms with van der Waals surface area (Å²) in [5.41, 5.74) is 11.0. The number of carbonyl (C=O) groups excluding carboxylic acids is 1. The third-order valence-corrected chi connectivity index (χ3v) is 6.22. The Morgan fingerprint density at radius 2 is 1.47 bits per heavy atom. The second-order valence-electron chi connectivity index (χ2n) is 7.22. The summed E-state index contributed by atoms with van der Waals surface area (Å²) in [5, 5.41) is 9.68. The molecule has 152 valence electrons. The van der Waals surface area contributed by atoms with Crippen molar-refractivity contribution in [3.8, 4) is 11.1 Å². The lowest BCUT2D eigenvalue weighted by Crippen LogP contribution is -2.36. The lowest BCUT2D eigenvalue weighted by Gasteiger charge is -2.22. The van der Waals surface area contributed by atoms with Gasteiger partial charge >= 0.3 is 11.9 Å². The molecule has 1 aliphatic carbocycles. The van der Waals surface area contributed by atoms with Crippen molar-refractivity contribution in [1.29, 1.82) is 0 Å². The van der Waals surface area contributed by atoms with Crippen molar-refractivity contribution in [2.75, 3.05) is 6.61 Å². The maximum atomic E-state index is 12.8. The highest BCUT2D eigenvalue weighted by Crippen LogP contribution is 2.44. The molecule has 0 bridgehead atoms. The number of hydrogen-bond acceptors (Lipinski definition) is 4. The number of halogens is 1. The van der Waals surface area contributed by atoms with Crippen molar-refractivity contribution >= 4 is 27.9 Å². The maximum absolute atomic E-state index is 12.8. The van der Waals surface area contributed by atoms with Crippen LogP contribution in [0.1, 0.15) is 28.7 Å². The van der Waals surface area contributed by atoms with Crippen LogP contribution in [0.25, 0.3) is 11.1 Å². The van der Waals surface area contributed by atoms with Gasteiger partial charge in [-0.1, -0.05) is 82.7 Å². The van der Waals surface area contributed by atoms with E-state index in [0.29, 0.717) is 10.0 Å². The second kappa shape index (κ2) is 8.42. The van der Waals surface area contributed by atoms with E-state index in [0.717, 1.165) is 22.3 Å². The lowest BCUT2D eigenvalue weighted by molar-refractivity contribution is -0.160. The number of rotatable bonds is 6. The van der Waals surface area contributed by atoms with Gasteiger partial charge in [0.15, 0.2) is 5.92 Å². The van der Waals surface area contributed by atoms with Crippen molar-refractivity contribution < 1.29 is 19.4 Å². The minimum Gasteiger partial charge on any atom is -0.481 e. The third-order valence-electron chi connectivity index (χ3n) is 5.50. The molecule has 2 unspecified atom stereocenters. The average Bonchev–Trinajstić information content (AvgIpc) is 3.06. The Bertz CT molecular complexity index is 1070. The van der Waals surface area contributed by atoms with Crippen molar-refractivity contribution in [2.24, 2.45) is 11.7 Å². The smallest absolute Gasteiger partial charge is 0.322 e. The fourth-order valence-electron chi connectivity index (χ4n) is 4.02. The summed E-state index contributed by atoms with van der Waals surface area (Å²) in [4.78, 5) is 24.7. The van der Waals surface area contributed by atoms with E-state index in [1.54, 1.807) is 24.3 Å². The zero-order chi connectivity index (χ0) is 21.3. The van der Waals surface area contributed by atoms with Gasteiger partial charge in [0.2, 0.25) is 0 Å². The molecular formula is C24H20BrNO4. The highest BCUT2D eigenvalue weighted by Gasteiger charge is 2.37. The predicted molar refractivity (Wildman–Crippen MR) is 117 cm³/mol. The van der Waals surface area contributed by atoms with Crippen LogP contribution in [0.5, 0.6) is 0 Å². The summed E-state index contributed by atoms with van der Waals surface area (Å²) in [7, 11) is 0. The van der Waals surface area contributed by atoms with Crippen LogP contribution in [0.15, 0.2) is 77.3 Å². The topological polar surface area (TPSA) is 89.6 Å². The monoisotopic (exact) mass is 465 g/mol. The number of esters is 1. The van der Waals surface area contributed by atoms with Gasteiger partial charge < -0.3 is 15.6 Å².